The van der Waals surface area contributed by atoms with Crippen LogP contribution in [-0.4, -0.2) is 26.3 Å². The van der Waals surface area contributed by atoms with Crippen molar-refractivity contribution in [2.24, 2.45) is 0 Å². The van der Waals surface area contributed by atoms with Crippen LogP contribution in [0, 0.1) is 11.3 Å². The molecule has 21 heavy (non-hydrogen) atoms. The minimum Gasteiger partial charge on any atom is -0.346 e. The maximum absolute atomic E-state index is 12.8. The van der Waals surface area contributed by atoms with E-state index in [1.807, 2.05) is 10.6 Å². The fraction of sp³-hybridized carbons (Fsp3) is 0.333. The number of fused-ring (bicyclic) bond motifs is 1. The van der Waals surface area contributed by atoms with Crippen molar-refractivity contribution in [3.63, 3.8) is 0 Å². The number of pyridine rings is 1. The lowest BCUT2D eigenvalue weighted by molar-refractivity contribution is -0.141. The predicted molar refractivity (Wildman–Crippen MR) is 65.0 cm³/mol. The summed E-state index contributed by atoms with van der Waals surface area (Å²) >= 11 is 0. The molecule has 0 radical (unpaired) electrons. The number of nitrogens with zero attached hydrogens (tertiary/aromatic N) is 6. The standard InChI is InChI=1S/C12H9F3N6/c13-12(14,15)9-2-1-8(5-16)11(18-9)20-3-4-21-7-17-19-10(21)6-20/h1-2,7H,3-4,6H2. The Morgan fingerprint density at radius 2 is 2.05 bits per heavy atom. The molecule has 0 amide bonds. The van der Waals surface area contributed by atoms with Crippen LogP contribution in [0.4, 0.5) is 19.0 Å². The molecule has 1 aliphatic rings. The monoisotopic (exact) mass is 294 g/mol. The number of rotatable bonds is 1. The zero-order valence-electron chi connectivity index (χ0n) is 10.7. The molecule has 0 spiro atoms. The van der Waals surface area contributed by atoms with E-state index in [1.165, 1.54) is 0 Å². The SMILES string of the molecule is N#Cc1ccc(C(F)(F)F)nc1N1CCn2cnnc2C1. The second-order valence-electron chi connectivity index (χ2n) is 4.54. The topological polar surface area (TPSA) is 70.6 Å². The zero-order valence-corrected chi connectivity index (χ0v) is 10.7. The van der Waals surface area contributed by atoms with Crippen molar-refractivity contribution in [2.75, 3.05) is 11.4 Å². The largest absolute Gasteiger partial charge is 0.433 e. The molecule has 0 unspecified atom stereocenters. The number of aromatic nitrogens is 4. The highest BCUT2D eigenvalue weighted by Crippen LogP contribution is 2.31. The average molecular weight is 294 g/mol. The van der Waals surface area contributed by atoms with Gasteiger partial charge in [0.2, 0.25) is 0 Å². The molecular formula is C12H9F3N6. The smallest absolute Gasteiger partial charge is 0.346 e. The molecule has 3 rings (SSSR count). The third-order valence-corrected chi connectivity index (χ3v) is 3.22. The molecule has 0 N–H and O–H groups in total. The Morgan fingerprint density at radius 1 is 1.24 bits per heavy atom. The van der Waals surface area contributed by atoms with Crippen molar-refractivity contribution in [2.45, 2.75) is 19.3 Å². The quantitative estimate of drug-likeness (QED) is 0.798. The first kappa shape index (κ1) is 13.4. The number of nitriles is 1. The maximum atomic E-state index is 12.8. The molecule has 0 bridgehead atoms. The van der Waals surface area contributed by atoms with Crippen LogP contribution in [0.5, 0.6) is 0 Å². The van der Waals surface area contributed by atoms with Crippen LogP contribution in [0.2, 0.25) is 0 Å². The number of hydrogen-bond donors (Lipinski definition) is 0. The predicted octanol–water partition coefficient (Wildman–Crippen LogP) is 1.58. The van der Waals surface area contributed by atoms with Gasteiger partial charge in [-0.1, -0.05) is 0 Å². The summed E-state index contributed by atoms with van der Waals surface area (Å²) in [7, 11) is 0. The molecule has 108 valence electrons. The molecule has 1 aliphatic heterocycles. The van der Waals surface area contributed by atoms with E-state index in [9.17, 15) is 13.2 Å². The Kier molecular flexibility index (Phi) is 3.01. The minimum atomic E-state index is -4.54. The van der Waals surface area contributed by atoms with Gasteiger partial charge in [-0.15, -0.1) is 10.2 Å². The van der Waals surface area contributed by atoms with Crippen LogP contribution in [-0.2, 0) is 19.3 Å². The molecule has 0 saturated heterocycles. The summed E-state index contributed by atoms with van der Waals surface area (Å²) in [5.41, 5.74) is -0.903. The molecule has 0 aliphatic carbocycles. The molecule has 9 heteroatoms. The molecule has 0 atom stereocenters. The van der Waals surface area contributed by atoms with Gasteiger partial charge in [0.25, 0.3) is 0 Å². The van der Waals surface area contributed by atoms with E-state index >= 15 is 0 Å². The number of anilines is 1. The second kappa shape index (κ2) is 4.73. The molecular weight excluding hydrogens is 285 g/mol. The maximum Gasteiger partial charge on any atom is 0.433 e. The highest BCUT2D eigenvalue weighted by molar-refractivity contribution is 5.54. The summed E-state index contributed by atoms with van der Waals surface area (Å²) in [6, 6.07) is 3.83. The summed E-state index contributed by atoms with van der Waals surface area (Å²) < 4.78 is 40.1. The van der Waals surface area contributed by atoms with Crippen LogP contribution >= 0.6 is 0 Å². The van der Waals surface area contributed by atoms with E-state index < -0.39 is 11.9 Å². The van der Waals surface area contributed by atoms with E-state index in [0.29, 0.717) is 18.9 Å². The van der Waals surface area contributed by atoms with Gasteiger partial charge in [-0.3, -0.25) is 0 Å². The summed E-state index contributed by atoms with van der Waals surface area (Å²) in [6.07, 6.45) is -2.98. The fourth-order valence-corrected chi connectivity index (χ4v) is 2.18. The van der Waals surface area contributed by atoms with Crippen LogP contribution in [0.3, 0.4) is 0 Å². The van der Waals surface area contributed by atoms with Crippen LogP contribution in [0.1, 0.15) is 17.1 Å². The Bertz CT molecular complexity index is 715. The Labute approximate surface area is 117 Å². The third-order valence-electron chi connectivity index (χ3n) is 3.22. The highest BCUT2D eigenvalue weighted by Gasteiger charge is 2.34. The van der Waals surface area contributed by atoms with Gasteiger partial charge in [0.1, 0.15) is 23.9 Å². The van der Waals surface area contributed by atoms with Gasteiger partial charge >= 0.3 is 6.18 Å². The summed E-state index contributed by atoms with van der Waals surface area (Å²) in [4.78, 5) is 5.23. The van der Waals surface area contributed by atoms with E-state index in [1.54, 1.807) is 11.2 Å². The lowest BCUT2D eigenvalue weighted by atomic mass is 10.2. The number of alkyl halides is 3. The lowest BCUT2D eigenvalue weighted by Crippen LogP contribution is -2.35. The summed E-state index contributed by atoms with van der Waals surface area (Å²) in [5, 5.41) is 16.7. The Balaban J connectivity index is 2.00. The number of hydrogen-bond acceptors (Lipinski definition) is 5. The Morgan fingerprint density at radius 3 is 2.76 bits per heavy atom. The van der Waals surface area contributed by atoms with Crippen molar-refractivity contribution in [3.8, 4) is 6.07 Å². The van der Waals surface area contributed by atoms with E-state index in [0.717, 1.165) is 12.1 Å². The van der Waals surface area contributed by atoms with Crippen LogP contribution < -0.4 is 4.90 Å². The fourth-order valence-electron chi connectivity index (χ4n) is 2.18. The van der Waals surface area contributed by atoms with Gasteiger partial charge in [0.05, 0.1) is 12.1 Å². The zero-order chi connectivity index (χ0) is 15.0. The second-order valence-corrected chi connectivity index (χ2v) is 4.54. The summed E-state index contributed by atoms with van der Waals surface area (Å²) in [6.45, 7) is 1.24. The van der Waals surface area contributed by atoms with Gasteiger partial charge in [-0.05, 0) is 12.1 Å². The summed E-state index contributed by atoms with van der Waals surface area (Å²) in [5.74, 6) is 0.658. The van der Waals surface area contributed by atoms with Gasteiger partial charge in [-0.2, -0.15) is 18.4 Å². The molecule has 0 fully saturated rings. The van der Waals surface area contributed by atoms with Crippen LogP contribution in [0.25, 0.3) is 0 Å². The first-order valence-corrected chi connectivity index (χ1v) is 6.09. The van der Waals surface area contributed by atoms with Crippen molar-refractivity contribution in [3.05, 3.63) is 35.5 Å². The molecule has 2 aromatic rings. The highest BCUT2D eigenvalue weighted by atomic mass is 19.4. The van der Waals surface area contributed by atoms with E-state index in [4.69, 9.17) is 5.26 Å². The van der Waals surface area contributed by atoms with Gasteiger partial charge in [-0.25, -0.2) is 4.98 Å². The van der Waals surface area contributed by atoms with Crippen LogP contribution in [0.15, 0.2) is 18.5 Å². The molecule has 0 saturated carbocycles. The van der Waals surface area contributed by atoms with Crippen molar-refractivity contribution >= 4 is 5.82 Å². The minimum absolute atomic E-state index is 0.0292. The van der Waals surface area contributed by atoms with E-state index in [2.05, 4.69) is 15.2 Å². The van der Waals surface area contributed by atoms with E-state index in [-0.39, 0.29) is 17.9 Å². The third kappa shape index (κ3) is 2.40. The van der Waals surface area contributed by atoms with Gasteiger partial charge < -0.3 is 9.47 Å². The Hall–Kier alpha value is -2.63. The van der Waals surface area contributed by atoms with Crippen molar-refractivity contribution in [1.29, 1.82) is 5.26 Å². The molecule has 0 aromatic carbocycles. The van der Waals surface area contributed by atoms with Gasteiger partial charge in [0, 0.05) is 13.1 Å². The first-order valence-electron chi connectivity index (χ1n) is 6.09. The molecule has 6 nitrogen and oxygen atoms in total. The lowest BCUT2D eigenvalue weighted by Gasteiger charge is -2.29. The van der Waals surface area contributed by atoms with Crippen molar-refractivity contribution in [1.82, 2.24) is 19.7 Å². The van der Waals surface area contributed by atoms with Crippen molar-refractivity contribution < 1.29 is 13.2 Å². The van der Waals surface area contributed by atoms with Gasteiger partial charge in [0.15, 0.2) is 5.82 Å². The normalized spacial score (nSPS) is 14.7. The molecule has 3 heterocycles. The molecule has 2 aromatic heterocycles. The first-order chi connectivity index (χ1) is 9.99. The average Bonchev–Trinajstić information content (AvgIpc) is 2.93. The number of halogens is 3.